The molecule has 12 heteroatoms. The third-order valence-electron chi connectivity index (χ3n) is 4.54. The minimum absolute atomic E-state index is 0.0883. The van der Waals surface area contributed by atoms with Crippen molar-refractivity contribution in [3.63, 3.8) is 0 Å². The van der Waals surface area contributed by atoms with Gasteiger partial charge in [-0.2, -0.15) is 4.98 Å². The summed E-state index contributed by atoms with van der Waals surface area (Å²) in [6.45, 7) is 5.02. The molecule has 2 heterocycles. The number of halogens is 2. The summed E-state index contributed by atoms with van der Waals surface area (Å²) in [6.07, 6.45) is 2.81. The molecule has 3 rings (SSSR count). The lowest BCUT2D eigenvalue weighted by Gasteiger charge is -2.15. The van der Waals surface area contributed by atoms with Crippen LogP contribution in [0.2, 0.25) is 5.02 Å². The molecule has 0 unspecified atom stereocenters. The highest BCUT2D eigenvalue weighted by Crippen LogP contribution is 2.30. The molecule has 0 aliphatic carbocycles. The van der Waals surface area contributed by atoms with Gasteiger partial charge in [0.15, 0.2) is 20.7 Å². The first-order valence-corrected chi connectivity index (χ1v) is 12.3. The molecule has 0 atom stereocenters. The molecule has 1 aromatic carbocycles. The van der Waals surface area contributed by atoms with Crippen LogP contribution in [0.4, 0.5) is 28.8 Å². The Kier molecular flexibility index (Phi) is 7.72. The molecule has 0 bridgehead atoms. The molecule has 0 radical (unpaired) electrons. The number of aryl methyl sites for hydroxylation is 1. The molecular formula is C21H22Cl2N6O3S. The van der Waals surface area contributed by atoms with Crippen LogP contribution in [-0.4, -0.2) is 40.4 Å². The van der Waals surface area contributed by atoms with Crippen LogP contribution in [0.25, 0.3) is 0 Å². The molecule has 1 amide bonds. The van der Waals surface area contributed by atoms with Gasteiger partial charge < -0.3 is 16.0 Å². The van der Waals surface area contributed by atoms with Crippen molar-refractivity contribution >= 4 is 67.8 Å². The maximum absolute atomic E-state index is 12.7. The van der Waals surface area contributed by atoms with Crippen molar-refractivity contribution in [2.45, 2.75) is 31.0 Å². The molecule has 0 fully saturated rings. The zero-order valence-electron chi connectivity index (χ0n) is 18.1. The van der Waals surface area contributed by atoms with Gasteiger partial charge in [-0.05, 0) is 56.7 Å². The number of carbonyl (C=O) groups excluding carboxylic acids is 1. The molecule has 0 spiro atoms. The molecule has 3 N–H and O–H groups in total. The molecule has 0 saturated heterocycles. The quantitative estimate of drug-likeness (QED) is 0.374. The number of amides is 1. The van der Waals surface area contributed by atoms with E-state index in [4.69, 9.17) is 23.2 Å². The molecule has 9 nitrogen and oxygen atoms in total. The number of sulfone groups is 1. The van der Waals surface area contributed by atoms with Gasteiger partial charge in [0.05, 0.1) is 17.1 Å². The Hall–Kier alpha value is -2.95. The van der Waals surface area contributed by atoms with E-state index < -0.39 is 15.1 Å². The van der Waals surface area contributed by atoms with Crippen LogP contribution in [0.15, 0.2) is 47.8 Å². The van der Waals surface area contributed by atoms with Crippen molar-refractivity contribution in [1.82, 2.24) is 15.0 Å². The van der Waals surface area contributed by atoms with Crippen LogP contribution in [0.5, 0.6) is 0 Å². The summed E-state index contributed by atoms with van der Waals surface area (Å²) in [4.78, 5) is 24.1. The molecule has 0 aliphatic heterocycles. The average Bonchev–Trinajstić information content (AvgIpc) is 2.78. The number of anilines is 5. The van der Waals surface area contributed by atoms with E-state index in [9.17, 15) is 13.2 Å². The summed E-state index contributed by atoms with van der Waals surface area (Å²) >= 11 is 11.8. The second kappa shape index (κ2) is 10.3. The van der Waals surface area contributed by atoms with Gasteiger partial charge in [0.1, 0.15) is 10.9 Å². The highest BCUT2D eigenvalue weighted by atomic mass is 35.5. The maximum atomic E-state index is 12.7. The van der Waals surface area contributed by atoms with Crippen molar-refractivity contribution in [1.29, 1.82) is 0 Å². The number of hydrogen-bond acceptors (Lipinski definition) is 8. The Labute approximate surface area is 201 Å². The fraction of sp³-hybridized carbons (Fsp3) is 0.238. The highest BCUT2D eigenvalue weighted by Gasteiger charge is 2.24. The fourth-order valence-corrected chi connectivity index (χ4v) is 4.06. The minimum Gasteiger partial charge on any atom is -0.336 e. The van der Waals surface area contributed by atoms with Crippen molar-refractivity contribution in [2.24, 2.45) is 0 Å². The van der Waals surface area contributed by atoms with Crippen LogP contribution in [0.3, 0.4) is 0 Å². The standard InChI is InChI=1S/C21H22Cl2N6O3S/c1-12(2)33(31,32)20-17(5-4-8-24-20)27-19-15(23)11-25-21(29-19)28-16-7-6-14(9-13(16)3)26-18(30)10-22/h4-9,11-12H,10H2,1-3H3,(H,26,30)(H2,25,27,28,29). The monoisotopic (exact) mass is 508 g/mol. The van der Waals surface area contributed by atoms with Crippen molar-refractivity contribution in [2.75, 3.05) is 21.8 Å². The van der Waals surface area contributed by atoms with Gasteiger partial charge in [-0.1, -0.05) is 11.6 Å². The lowest BCUT2D eigenvalue weighted by atomic mass is 10.2. The number of aromatic nitrogens is 3. The molecule has 33 heavy (non-hydrogen) atoms. The number of carbonyl (C=O) groups is 1. The summed E-state index contributed by atoms with van der Waals surface area (Å²) in [6, 6.07) is 8.46. The van der Waals surface area contributed by atoms with E-state index in [0.717, 1.165) is 5.56 Å². The number of pyridine rings is 1. The van der Waals surface area contributed by atoms with Crippen molar-refractivity contribution in [3.05, 3.63) is 53.3 Å². The molecule has 3 aromatic rings. The second-order valence-corrected chi connectivity index (χ2v) is 10.4. The smallest absolute Gasteiger partial charge is 0.239 e. The summed E-state index contributed by atoms with van der Waals surface area (Å²) in [5, 5.41) is 8.19. The number of benzene rings is 1. The van der Waals surface area contributed by atoms with E-state index in [1.165, 1.54) is 12.4 Å². The van der Waals surface area contributed by atoms with E-state index in [-0.39, 0.29) is 39.3 Å². The van der Waals surface area contributed by atoms with Crippen molar-refractivity contribution in [3.8, 4) is 0 Å². The average molecular weight is 509 g/mol. The van der Waals surface area contributed by atoms with E-state index >= 15 is 0 Å². The Morgan fingerprint density at radius 3 is 2.55 bits per heavy atom. The van der Waals surface area contributed by atoms with Gasteiger partial charge in [0.2, 0.25) is 11.9 Å². The van der Waals surface area contributed by atoms with Gasteiger partial charge in [-0.15, -0.1) is 11.6 Å². The number of alkyl halides is 1. The number of nitrogens with one attached hydrogen (secondary N) is 3. The Bertz CT molecular complexity index is 1280. The normalized spacial score (nSPS) is 11.3. The summed E-state index contributed by atoms with van der Waals surface area (Å²) in [5.41, 5.74) is 2.40. The minimum atomic E-state index is -3.63. The predicted molar refractivity (Wildman–Crippen MR) is 131 cm³/mol. The first kappa shape index (κ1) is 24.7. The van der Waals surface area contributed by atoms with Gasteiger partial charge in [-0.25, -0.2) is 18.4 Å². The van der Waals surface area contributed by atoms with Gasteiger partial charge >= 0.3 is 0 Å². The van der Waals surface area contributed by atoms with Crippen LogP contribution in [0, 0.1) is 6.92 Å². The Morgan fingerprint density at radius 2 is 1.88 bits per heavy atom. The fourth-order valence-electron chi connectivity index (χ4n) is 2.78. The van der Waals surface area contributed by atoms with Gasteiger partial charge in [0.25, 0.3) is 0 Å². The summed E-state index contributed by atoms with van der Waals surface area (Å²) in [7, 11) is -3.63. The zero-order chi connectivity index (χ0) is 24.2. The first-order chi connectivity index (χ1) is 15.6. The third kappa shape index (κ3) is 5.89. The largest absolute Gasteiger partial charge is 0.336 e. The maximum Gasteiger partial charge on any atom is 0.239 e. The Balaban J connectivity index is 1.87. The topological polar surface area (TPSA) is 126 Å². The van der Waals surface area contributed by atoms with Crippen LogP contribution in [-0.2, 0) is 14.6 Å². The highest BCUT2D eigenvalue weighted by molar-refractivity contribution is 7.92. The summed E-state index contributed by atoms with van der Waals surface area (Å²) in [5.74, 6) is 0.0124. The van der Waals surface area contributed by atoms with E-state index in [1.54, 1.807) is 44.2 Å². The number of rotatable bonds is 8. The predicted octanol–water partition coefficient (Wildman–Crippen LogP) is 4.68. The van der Waals surface area contributed by atoms with E-state index in [1.807, 2.05) is 6.92 Å². The molecule has 2 aromatic heterocycles. The SMILES string of the molecule is Cc1cc(NC(=O)CCl)ccc1Nc1ncc(Cl)c(Nc2cccnc2S(=O)(=O)C(C)C)n1. The lowest BCUT2D eigenvalue weighted by Crippen LogP contribution is -2.17. The van der Waals surface area contributed by atoms with Crippen LogP contribution in [0.1, 0.15) is 19.4 Å². The van der Waals surface area contributed by atoms with Crippen LogP contribution < -0.4 is 16.0 Å². The first-order valence-electron chi connectivity index (χ1n) is 9.83. The van der Waals surface area contributed by atoms with Crippen molar-refractivity contribution < 1.29 is 13.2 Å². The summed E-state index contributed by atoms with van der Waals surface area (Å²) < 4.78 is 25.3. The number of hydrogen-bond donors (Lipinski definition) is 3. The lowest BCUT2D eigenvalue weighted by molar-refractivity contribution is -0.113. The Morgan fingerprint density at radius 1 is 1.12 bits per heavy atom. The third-order valence-corrected chi connectivity index (χ3v) is 7.16. The van der Waals surface area contributed by atoms with Crippen LogP contribution >= 0.6 is 23.2 Å². The molecule has 0 aliphatic rings. The van der Waals surface area contributed by atoms with Gasteiger partial charge in [0, 0.05) is 17.6 Å². The van der Waals surface area contributed by atoms with Gasteiger partial charge in [-0.3, -0.25) is 4.79 Å². The second-order valence-electron chi connectivity index (χ2n) is 7.30. The number of nitrogens with zero attached hydrogens (tertiary/aromatic N) is 3. The van der Waals surface area contributed by atoms with E-state index in [2.05, 4.69) is 30.9 Å². The molecule has 0 saturated carbocycles. The molecular weight excluding hydrogens is 487 g/mol. The van der Waals surface area contributed by atoms with E-state index in [0.29, 0.717) is 11.4 Å². The zero-order valence-corrected chi connectivity index (χ0v) is 20.4. The molecule has 174 valence electrons.